The monoisotopic (exact) mass is 358 g/mol. The minimum absolute atomic E-state index is 0.149. The Balaban J connectivity index is 2.49. The minimum atomic E-state index is -1.14. The number of hydrogen-bond donors (Lipinski definition) is 0. The number of esters is 1. The van der Waals surface area contributed by atoms with E-state index in [9.17, 15) is 9.59 Å². The SMILES string of the molecule is CC[C@]1(Br)C(=O)C(C)(C)C(=O)O[C@@H]1c1ccc(Cl)cc1. The first-order valence-electron chi connectivity index (χ1n) is 6.44. The number of ether oxygens (including phenoxy) is 1. The maximum atomic E-state index is 12.7. The molecule has 0 radical (unpaired) electrons. The zero-order valence-electron chi connectivity index (χ0n) is 11.6. The van der Waals surface area contributed by atoms with E-state index in [0.717, 1.165) is 5.56 Å². The fourth-order valence-corrected chi connectivity index (χ4v) is 3.37. The fraction of sp³-hybridized carbons (Fsp3) is 0.467. The molecule has 0 amide bonds. The standard InChI is InChI=1S/C15H16BrClO3/c1-4-15(16)11(9-5-7-10(17)8-6-9)20-13(19)14(2,3)12(15)18/h5-8,11H,4H2,1-3H3/t11-,15-/m1/s1. The third kappa shape index (κ3) is 2.29. The Kier molecular flexibility index (Phi) is 4.00. The molecule has 0 N–H and O–H groups in total. The molecule has 20 heavy (non-hydrogen) atoms. The number of rotatable bonds is 2. The van der Waals surface area contributed by atoms with Gasteiger partial charge in [0.1, 0.15) is 15.8 Å². The number of halogens is 2. The topological polar surface area (TPSA) is 43.4 Å². The number of carbonyl (C=O) groups is 2. The molecule has 1 fully saturated rings. The van der Waals surface area contributed by atoms with Gasteiger partial charge in [-0.05, 0) is 38.0 Å². The van der Waals surface area contributed by atoms with Crippen LogP contribution in [0.2, 0.25) is 5.02 Å². The molecule has 0 bridgehead atoms. The van der Waals surface area contributed by atoms with Crippen LogP contribution in [0.15, 0.2) is 24.3 Å². The molecule has 0 aliphatic carbocycles. The van der Waals surface area contributed by atoms with Crippen molar-refractivity contribution in [1.29, 1.82) is 0 Å². The minimum Gasteiger partial charge on any atom is -0.455 e. The summed E-state index contributed by atoms with van der Waals surface area (Å²) >= 11 is 9.40. The van der Waals surface area contributed by atoms with Crippen LogP contribution in [-0.4, -0.2) is 16.1 Å². The number of carbonyl (C=O) groups excluding carboxylic acids is 2. The van der Waals surface area contributed by atoms with Gasteiger partial charge >= 0.3 is 5.97 Å². The normalized spacial score (nSPS) is 29.1. The predicted molar refractivity (Wildman–Crippen MR) is 81.0 cm³/mol. The Labute approximate surface area is 131 Å². The smallest absolute Gasteiger partial charge is 0.319 e. The van der Waals surface area contributed by atoms with Crippen molar-refractivity contribution < 1.29 is 14.3 Å². The molecule has 0 aromatic heterocycles. The molecule has 1 aromatic carbocycles. The molecule has 2 rings (SSSR count). The quantitative estimate of drug-likeness (QED) is 0.454. The molecular weight excluding hydrogens is 344 g/mol. The van der Waals surface area contributed by atoms with Crippen molar-refractivity contribution >= 4 is 39.3 Å². The van der Waals surface area contributed by atoms with Crippen LogP contribution in [0.4, 0.5) is 0 Å². The third-order valence-corrected chi connectivity index (χ3v) is 5.37. The summed E-state index contributed by atoms with van der Waals surface area (Å²) in [5, 5.41) is 0.596. The maximum Gasteiger partial charge on any atom is 0.319 e. The Morgan fingerprint density at radius 3 is 2.30 bits per heavy atom. The summed E-state index contributed by atoms with van der Waals surface area (Å²) in [6.45, 7) is 5.09. The number of cyclic esters (lactones) is 1. The van der Waals surface area contributed by atoms with Gasteiger partial charge in [-0.15, -0.1) is 0 Å². The first-order valence-corrected chi connectivity index (χ1v) is 7.61. The zero-order chi connectivity index (χ0) is 15.1. The highest BCUT2D eigenvalue weighted by Gasteiger charge is 2.58. The maximum absolute atomic E-state index is 12.7. The molecule has 1 aliphatic heterocycles. The Morgan fingerprint density at radius 2 is 1.80 bits per heavy atom. The van der Waals surface area contributed by atoms with Crippen molar-refractivity contribution in [3.05, 3.63) is 34.9 Å². The van der Waals surface area contributed by atoms with Crippen LogP contribution >= 0.6 is 27.5 Å². The van der Waals surface area contributed by atoms with E-state index in [1.165, 1.54) is 0 Å². The first kappa shape index (κ1) is 15.5. The highest BCUT2D eigenvalue weighted by atomic mass is 79.9. The molecule has 108 valence electrons. The average Bonchev–Trinajstić information content (AvgIpc) is 2.42. The van der Waals surface area contributed by atoms with Gasteiger partial charge in [0.15, 0.2) is 5.78 Å². The Bertz CT molecular complexity index is 553. The largest absolute Gasteiger partial charge is 0.455 e. The number of Topliss-reactive ketones (excluding diaryl/α,β-unsaturated/α-hetero) is 1. The molecule has 2 atom stereocenters. The van der Waals surface area contributed by atoms with Crippen LogP contribution in [0.25, 0.3) is 0 Å². The van der Waals surface area contributed by atoms with Gasteiger partial charge in [-0.1, -0.05) is 46.6 Å². The van der Waals surface area contributed by atoms with Crippen molar-refractivity contribution in [3.8, 4) is 0 Å². The summed E-state index contributed by atoms with van der Waals surface area (Å²) in [6, 6.07) is 6.99. The molecule has 0 unspecified atom stereocenters. The molecule has 1 heterocycles. The van der Waals surface area contributed by atoms with E-state index in [2.05, 4.69) is 15.9 Å². The molecule has 3 nitrogen and oxygen atoms in total. The molecular formula is C15H16BrClO3. The summed E-state index contributed by atoms with van der Waals surface area (Å²) < 4.78 is 4.65. The molecule has 0 spiro atoms. The van der Waals surface area contributed by atoms with Crippen LogP contribution in [0.3, 0.4) is 0 Å². The number of hydrogen-bond acceptors (Lipinski definition) is 3. The number of alkyl halides is 1. The molecule has 5 heteroatoms. The lowest BCUT2D eigenvalue weighted by molar-refractivity contribution is -0.176. The Morgan fingerprint density at radius 1 is 1.25 bits per heavy atom. The number of ketones is 1. The predicted octanol–water partition coefficient (Wildman–Crippen LogP) is 4.08. The van der Waals surface area contributed by atoms with E-state index < -0.39 is 21.8 Å². The van der Waals surface area contributed by atoms with Gasteiger partial charge in [-0.3, -0.25) is 9.59 Å². The average molecular weight is 360 g/mol. The van der Waals surface area contributed by atoms with Gasteiger partial charge in [-0.2, -0.15) is 0 Å². The van der Waals surface area contributed by atoms with E-state index in [1.807, 2.05) is 6.92 Å². The van der Waals surface area contributed by atoms with Crippen LogP contribution in [-0.2, 0) is 14.3 Å². The second-order valence-corrected chi connectivity index (χ2v) is 7.36. The van der Waals surface area contributed by atoms with Crippen LogP contribution in [0, 0.1) is 5.41 Å². The van der Waals surface area contributed by atoms with Crippen molar-refractivity contribution in [2.45, 2.75) is 37.6 Å². The van der Waals surface area contributed by atoms with E-state index in [0.29, 0.717) is 11.4 Å². The summed E-state index contributed by atoms with van der Waals surface area (Å²) in [4.78, 5) is 24.8. The first-order chi connectivity index (χ1) is 9.23. The third-order valence-electron chi connectivity index (χ3n) is 3.78. The van der Waals surface area contributed by atoms with Gasteiger partial charge < -0.3 is 4.74 Å². The van der Waals surface area contributed by atoms with Gasteiger partial charge in [0.05, 0.1) is 0 Å². The molecule has 1 saturated heterocycles. The molecule has 1 aliphatic rings. The van der Waals surface area contributed by atoms with Crippen LogP contribution in [0.1, 0.15) is 38.9 Å². The second-order valence-electron chi connectivity index (χ2n) is 5.51. The van der Waals surface area contributed by atoms with Gasteiger partial charge in [0.2, 0.25) is 0 Å². The van der Waals surface area contributed by atoms with Gasteiger partial charge in [-0.25, -0.2) is 0 Å². The highest BCUT2D eigenvalue weighted by Crippen LogP contribution is 2.49. The lowest BCUT2D eigenvalue weighted by Crippen LogP contribution is -2.55. The van der Waals surface area contributed by atoms with E-state index in [4.69, 9.17) is 16.3 Å². The second kappa shape index (κ2) is 5.15. The van der Waals surface area contributed by atoms with Crippen molar-refractivity contribution in [2.75, 3.05) is 0 Å². The van der Waals surface area contributed by atoms with Gasteiger partial charge in [0, 0.05) is 5.02 Å². The van der Waals surface area contributed by atoms with E-state index >= 15 is 0 Å². The summed E-state index contributed by atoms with van der Waals surface area (Å²) in [6.07, 6.45) is -0.117. The number of benzene rings is 1. The Hall–Kier alpha value is -0.870. The zero-order valence-corrected chi connectivity index (χ0v) is 13.9. The lowest BCUT2D eigenvalue weighted by atomic mass is 9.74. The van der Waals surface area contributed by atoms with Crippen LogP contribution < -0.4 is 0 Å². The van der Waals surface area contributed by atoms with Gasteiger partial charge in [0.25, 0.3) is 0 Å². The van der Waals surface area contributed by atoms with Crippen molar-refractivity contribution in [2.24, 2.45) is 5.41 Å². The molecule has 0 saturated carbocycles. The fourth-order valence-electron chi connectivity index (χ4n) is 2.39. The summed E-state index contributed by atoms with van der Waals surface area (Å²) in [5.74, 6) is -0.644. The lowest BCUT2D eigenvalue weighted by Gasteiger charge is -2.43. The summed E-state index contributed by atoms with van der Waals surface area (Å²) in [5.41, 5.74) is -0.382. The van der Waals surface area contributed by atoms with Crippen LogP contribution in [0.5, 0.6) is 0 Å². The van der Waals surface area contributed by atoms with E-state index in [1.54, 1.807) is 38.1 Å². The summed E-state index contributed by atoms with van der Waals surface area (Å²) in [7, 11) is 0. The van der Waals surface area contributed by atoms with Crippen molar-refractivity contribution in [1.82, 2.24) is 0 Å². The van der Waals surface area contributed by atoms with Crippen molar-refractivity contribution in [3.63, 3.8) is 0 Å². The highest BCUT2D eigenvalue weighted by molar-refractivity contribution is 9.10. The molecule has 1 aromatic rings. The van der Waals surface area contributed by atoms with E-state index in [-0.39, 0.29) is 5.78 Å².